The van der Waals surface area contributed by atoms with Crippen LogP contribution in [0.5, 0.6) is 0 Å². The number of aryl methyl sites for hydroxylation is 1. The fraction of sp³-hybridized carbons (Fsp3) is 0.636. The molecular formula is C11H17N3O5. The minimum Gasteiger partial charge on any atom is -0.468 e. The molecule has 0 amide bonds. The van der Waals surface area contributed by atoms with E-state index < -0.39 is 11.9 Å². The summed E-state index contributed by atoms with van der Waals surface area (Å²) in [6, 6.07) is 0. The molecule has 0 aliphatic heterocycles. The van der Waals surface area contributed by atoms with E-state index in [0.29, 0.717) is 18.1 Å². The second kappa shape index (κ2) is 7.47. The first-order valence-electron chi connectivity index (χ1n) is 5.76. The molecule has 0 aromatic carbocycles. The number of aromatic nitrogens is 2. The van der Waals surface area contributed by atoms with Crippen LogP contribution in [0.25, 0.3) is 0 Å². The maximum Gasteiger partial charge on any atom is 0.319 e. The predicted octanol–water partition coefficient (Wildman–Crippen LogP) is -0.220. The van der Waals surface area contributed by atoms with E-state index in [-0.39, 0.29) is 19.6 Å². The summed E-state index contributed by atoms with van der Waals surface area (Å²) < 4.78 is 14.1. The van der Waals surface area contributed by atoms with Crippen LogP contribution in [0.1, 0.15) is 18.6 Å². The van der Waals surface area contributed by atoms with E-state index in [2.05, 4.69) is 19.6 Å². The van der Waals surface area contributed by atoms with Gasteiger partial charge in [-0.25, -0.2) is 0 Å². The smallest absolute Gasteiger partial charge is 0.319 e. The summed E-state index contributed by atoms with van der Waals surface area (Å²) in [5.74, 6) is -0.00555. The van der Waals surface area contributed by atoms with Crippen molar-refractivity contribution >= 4 is 11.9 Å². The van der Waals surface area contributed by atoms with Gasteiger partial charge in [0, 0.05) is 6.42 Å². The van der Waals surface area contributed by atoms with E-state index in [1.807, 2.05) is 6.92 Å². The van der Waals surface area contributed by atoms with Gasteiger partial charge < -0.3 is 14.0 Å². The SMILES string of the molecule is CCc1noc(CN(CC(=O)OC)CC(=O)OC)n1. The molecule has 0 fully saturated rings. The molecule has 1 rings (SSSR count). The highest BCUT2D eigenvalue weighted by atomic mass is 16.5. The third-order valence-corrected chi connectivity index (χ3v) is 2.35. The lowest BCUT2D eigenvalue weighted by molar-refractivity contribution is -0.145. The average molecular weight is 271 g/mol. The summed E-state index contributed by atoms with van der Waals surface area (Å²) in [4.78, 5) is 28.1. The van der Waals surface area contributed by atoms with Crippen molar-refractivity contribution in [2.75, 3.05) is 27.3 Å². The van der Waals surface area contributed by atoms with Crippen LogP contribution in [0.15, 0.2) is 4.52 Å². The predicted molar refractivity (Wildman–Crippen MR) is 63.0 cm³/mol. The lowest BCUT2D eigenvalue weighted by atomic mass is 10.4. The van der Waals surface area contributed by atoms with Crippen LogP contribution in [0.3, 0.4) is 0 Å². The van der Waals surface area contributed by atoms with Crippen molar-refractivity contribution in [1.29, 1.82) is 0 Å². The number of nitrogens with zero attached hydrogens (tertiary/aromatic N) is 3. The zero-order chi connectivity index (χ0) is 14.3. The molecule has 0 aliphatic carbocycles. The molecular weight excluding hydrogens is 254 g/mol. The molecule has 0 saturated heterocycles. The third kappa shape index (κ3) is 5.04. The Morgan fingerprint density at radius 1 is 1.21 bits per heavy atom. The van der Waals surface area contributed by atoms with Crippen molar-refractivity contribution in [2.45, 2.75) is 19.9 Å². The monoisotopic (exact) mass is 271 g/mol. The first-order chi connectivity index (χ1) is 9.08. The van der Waals surface area contributed by atoms with Crippen LogP contribution in [0.2, 0.25) is 0 Å². The molecule has 0 unspecified atom stereocenters. The van der Waals surface area contributed by atoms with Gasteiger partial charge in [-0.2, -0.15) is 4.98 Å². The van der Waals surface area contributed by atoms with Gasteiger partial charge in [0.05, 0.1) is 33.9 Å². The Hall–Kier alpha value is -1.96. The van der Waals surface area contributed by atoms with Gasteiger partial charge in [-0.05, 0) is 0 Å². The van der Waals surface area contributed by atoms with E-state index in [1.54, 1.807) is 0 Å². The van der Waals surface area contributed by atoms with Crippen molar-refractivity contribution in [3.05, 3.63) is 11.7 Å². The standard InChI is InChI=1S/C11H17N3O5/c1-4-8-12-9(19-13-8)5-14(6-10(15)17-2)7-11(16)18-3/h4-7H2,1-3H3. The van der Waals surface area contributed by atoms with Crippen LogP contribution in [0, 0.1) is 0 Å². The molecule has 1 aromatic heterocycles. The molecule has 1 heterocycles. The molecule has 0 radical (unpaired) electrons. The molecule has 8 heteroatoms. The van der Waals surface area contributed by atoms with Crippen molar-refractivity contribution < 1.29 is 23.6 Å². The van der Waals surface area contributed by atoms with Gasteiger partial charge in [-0.15, -0.1) is 0 Å². The first kappa shape index (κ1) is 15.1. The van der Waals surface area contributed by atoms with E-state index in [1.165, 1.54) is 19.1 Å². The van der Waals surface area contributed by atoms with E-state index in [0.717, 1.165) is 0 Å². The molecule has 8 nitrogen and oxygen atoms in total. The van der Waals surface area contributed by atoms with E-state index in [9.17, 15) is 9.59 Å². The maximum atomic E-state index is 11.3. The Bertz CT molecular complexity index is 414. The molecule has 106 valence electrons. The zero-order valence-electron chi connectivity index (χ0n) is 11.2. The lowest BCUT2D eigenvalue weighted by Gasteiger charge is -2.17. The van der Waals surface area contributed by atoms with Gasteiger partial charge in [0.15, 0.2) is 5.82 Å². The molecule has 0 atom stereocenters. The minimum atomic E-state index is -0.459. The van der Waals surface area contributed by atoms with Gasteiger partial charge in [-0.1, -0.05) is 12.1 Å². The highest BCUT2D eigenvalue weighted by molar-refractivity contribution is 5.74. The molecule has 19 heavy (non-hydrogen) atoms. The Morgan fingerprint density at radius 3 is 2.21 bits per heavy atom. The number of hydrogen-bond donors (Lipinski definition) is 0. The summed E-state index contributed by atoms with van der Waals surface area (Å²) in [7, 11) is 2.56. The Kier molecular flexibility index (Phi) is 5.94. The van der Waals surface area contributed by atoms with Crippen molar-refractivity contribution in [3.63, 3.8) is 0 Å². The second-order valence-corrected chi connectivity index (χ2v) is 3.76. The number of ether oxygens (including phenoxy) is 2. The molecule has 0 N–H and O–H groups in total. The fourth-order valence-corrected chi connectivity index (χ4v) is 1.35. The van der Waals surface area contributed by atoms with Gasteiger partial charge >= 0.3 is 11.9 Å². The summed E-state index contributed by atoms with van der Waals surface area (Å²) in [5, 5.41) is 3.74. The van der Waals surface area contributed by atoms with Crippen molar-refractivity contribution in [1.82, 2.24) is 15.0 Å². The maximum absolute atomic E-state index is 11.3. The quantitative estimate of drug-likeness (QED) is 0.628. The van der Waals surface area contributed by atoms with Crippen LogP contribution in [-0.4, -0.2) is 54.3 Å². The number of rotatable bonds is 7. The van der Waals surface area contributed by atoms with Gasteiger partial charge in [0.1, 0.15) is 0 Å². The Balaban J connectivity index is 2.66. The third-order valence-electron chi connectivity index (χ3n) is 2.35. The highest BCUT2D eigenvalue weighted by Gasteiger charge is 2.18. The van der Waals surface area contributed by atoms with Crippen LogP contribution in [-0.2, 0) is 32.0 Å². The number of carbonyl (C=O) groups excluding carboxylic acids is 2. The van der Waals surface area contributed by atoms with Crippen LogP contribution < -0.4 is 0 Å². The van der Waals surface area contributed by atoms with Gasteiger partial charge in [0.25, 0.3) is 0 Å². The second-order valence-electron chi connectivity index (χ2n) is 3.76. The summed E-state index contributed by atoms with van der Waals surface area (Å²) in [5.41, 5.74) is 0. The Labute approximate surface area is 110 Å². The number of methoxy groups -OCH3 is 2. The topological polar surface area (TPSA) is 94.8 Å². The molecule has 0 aliphatic rings. The highest BCUT2D eigenvalue weighted by Crippen LogP contribution is 2.04. The minimum absolute atomic E-state index is 0.0601. The zero-order valence-corrected chi connectivity index (χ0v) is 11.2. The van der Waals surface area contributed by atoms with Crippen LogP contribution in [0.4, 0.5) is 0 Å². The largest absolute Gasteiger partial charge is 0.468 e. The summed E-state index contributed by atoms with van der Waals surface area (Å²) in [6.45, 7) is 1.96. The molecule has 0 saturated carbocycles. The van der Waals surface area contributed by atoms with E-state index >= 15 is 0 Å². The van der Waals surface area contributed by atoms with Crippen molar-refractivity contribution in [3.8, 4) is 0 Å². The van der Waals surface area contributed by atoms with Gasteiger partial charge in [0.2, 0.25) is 5.89 Å². The summed E-state index contributed by atoms with van der Waals surface area (Å²) >= 11 is 0. The summed E-state index contributed by atoms with van der Waals surface area (Å²) in [6.07, 6.45) is 0.650. The number of esters is 2. The number of hydrogen-bond acceptors (Lipinski definition) is 8. The Morgan fingerprint density at radius 2 is 1.79 bits per heavy atom. The lowest BCUT2D eigenvalue weighted by Crippen LogP contribution is -2.35. The fourth-order valence-electron chi connectivity index (χ4n) is 1.35. The van der Waals surface area contributed by atoms with Crippen LogP contribution >= 0.6 is 0 Å². The average Bonchev–Trinajstić information content (AvgIpc) is 2.85. The first-order valence-corrected chi connectivity index (χ1v) is 5.76. The van der Waals surface area contributed by atoms with Gasteiger partial charge in [-0.3, -0.25) is 14.5 Å². The number of carbonyl (C=O) groups is 2. The normalized spacial score (nSPS) is 10.5. The molecule has 1 aromatic rings. The van der Waals surface area contributed by atoms with E-state index in [4.69, 9.17) is 4.52 Å². The molecule has 0 spiro atoms. The van der Waals surface area contributed by atoms with Crippen molar-refractivity contribution in [2.24, 2.45) is 0 Å². The molecule has 0 bridgehead atoms.